The van der Waals surface area contributed by atoms with E-state index < -0.39 is 6.10 Å². The lowest BCUT2D eigenvalue weighted by atomic mass is 10.0. The Morgan fingerprint density at radius 3 is 0.716 bits per heavy atom. The van der Waals surface area contributed by atoms with Gasteiger partial charge in [0.25, 0.3) is 0 Å². The van der Waals surface area contributed by atoms with E-state index in [1.165, 1.54) is 212 Å². The summed E-state index contributed by atoms with van der Waals surface area (Å²) in [4.78, 5) is 38.4. The van der Waals surface area contributed by atoms with Gasteiger partial charge in [0.05, 0.1) is 0 Å². The highest BCUT2D eigenvalue weighted by molar-refractivity contribution is 5.71. The number of hydrogen-bond donors (Lipinski definition) is 0. The Kier molecular flexibility index (Phi) is 66.2. The Morgan fingerprint density at radius 2 is 0.444 bits per heavy atom. The summed E-state index contributed by atoms with van der Waals surface area (Å²) >= 11 is 0. The minimum absolute atomic E-state index is 0.0820. The van der Waals surface area contributed by atoms with Crippen LogP contribution in [0.1, 0.15) is 355 Å². The van der Waals surface area contributed by atoms with E-state index in [1.54, 1.807) is 0 Å². The number of rotatable bonds is 64. The quantitative estimate of drug-likeness (QED) is 0.0261. The van der Waals surface area contributed by atoms with Gasteiger partial charge in [-0.2, -0.15) is 0 Å². The monoisotopic (exact) mass is 1130 g/mol. The van der Waals surface area contributed by atoms with Crippen LogP contribution in [0, 0.1) is 0 Å². The van der Waals surface area contributed by atoms with Crippen molar-refractivity contribution in [3.8, 4) is 0 Å². The number of hydrogen-bond acceptors (Lipinski definition) is 6. The lowest BCUT2D eigenvalue weighted by Crippen LogP contribution is -2.30. The minimum Gasteiger partial charge on any atom is -0.462 e. The van der Waals surface area contributed by atoms with Crippen LogP contribution in [0.25, 0.3) is 0 Å². The number of esters is 3. The van der Waals surface area contributed by atoms with Crippen LogP contribution in [0.2, 0.25) is 0 Å². The third kappa shape index (κ3) is 67.3. The summed E-state index contributed by atoms with van der Waals surface area (Å²) in [5.74, 6) is -0.888. The average molecular weight is 1130 g/mol. The van der Waals surface area contributed by atoms with E-state index >= 15 is 0 Å². The molecule has 0 rings (SSSR count). The molecule has 0 aromatic heterocycles. The van der Waals surface area contributed by atoms with Crippen molar-refractivity contribution in [2.24, 2.45) is 0 Å². The molecule has 81 heavy (non-hydrogen) atoms. The van der Waals surface area contributed by atoms with Crippen LogP contribution in [-0.4, -0.2) is 37.2 Å². The molecule has 468 valence electrons. The fourth-order valence-electron chi connectivity index (χ4n) is 10.0. The predicted octanol–water partition coefficient (Wildman–Crippen LogP) is 24.2. The molecule has 0 amide bonds. The summed E-state index contributed by atoms with van der Waals surface area (Å²) in [6, 6.07) is 0. The van der Waals surface area contributed by atoms with Crippen LogP contribution >= 0.6 is 0 Å². The number of ether oxygens (including phenoxy) is 3. The maximum absolute atomic E-state index is 12.9. The van der Waals surface area contributed by atoms with Crippen LogP contribution in [0.15, 0.2) is 85.1 Å². The molecular formula is C75H132O6. The molecule has 0 N–H and O–H groups in total. The molecule has 0 aliphatic heterocycles. The fraction of sp³-hybridized carbons (Fsp3) is 0.773. The lowest BCUT2D eigenvalue weighted by molar-refractivity contribution is -0.167. The van der Waals surface area contributed by atoms with E-state index in [4.69, 9.17) is 14.2 Å². The molecule has 0 aromatic rings. The molecule has 0 bridgehead atoms. The first-order valence-electron chi connectivity index (χ1n) is 35.1. The molecule has 6 nitrogen and oxygen atoms in total. The predicted molar refractivity (Wildman–Crippen MR) is 353 cm³/mol. The highest BCUT2D eigenvalue weighted by Gasteiger charge is 2.19. The molecule has 0 saturated heterocycles. The van der Waals surface area contributed by atoms with E-state index in [2.05, 4.69) is 106 Å². The largest absolute Gasteiger partial charge is 0.462 e. The molecular weight excluding hydrogens is 997 g/mol. The van der Waals surface area contributed by atoms with Gasteiger partial charge in [-0.3, -0.25) is 14.4 Å². The van der Waals surface area contributed by atoms with Crippen molar-refractivity contribution in [3.05, 3.63) is 85.1 Å². The second-order valence-corrected chi connectivity index (χ2v) is 23.4. The van der Waals surface area contributed by atoms with Crippen LogP contribution in [-0.2, 0) is 28.6 Å². The molecule has 1 atom stereocenters. The Morgan fingerprint density at radius 1 is 0.247 bits per heavy atom. The molecule has 0 aliphatic carbocycles. The SMILES string of the molecule is CCCCC/C=C\C/C=C\CCCCCCCCCC(=O)OC(COC(=O)CCCCCCC/C=C\C/C=C\CCCCC)COC(=O)CCCCCCCCCCCCCCCCCC/C=C\C/C=C\C/C=C\CCCCCCC. The van der Waals surface area contributed by atoms with Gasteiger partial charge in [-0.1, -0.05) is 298 Å². The van der Waals surface area contributed by atoms with Crippen molar-refractivity contribution in [2.45, 2.75) is 361 Å². The Labute approximate surface area is 503 Å². The molecule has 1 unspecified atom stereocenters. The van der Waals surface area contributed by atoms with Gasteiger partial charge in [0.1, 0.15) is 13.2 Å². The van der Waals surface area contributed by atoms with Crippen LogP contribution in [0.4, 0.5) is 0 Å². The number of carbonyl (C=O) groups is 3. The molecule has 0 saturated carbocycles. The Balaban J connectivity index is 4.24. The first kappa shape index (κ1) is 77.6. The average Bonchev–Trinajstić information content (AvgIpc) is 3.47. The first-order chi connectivity index (χ1) is 40.0. The van der Waals surface area contributed by atoms with Gasteiger partial charge in [-0.15, -0.1) is 0 Å². The highest BCUT2D eigenvalue weighted by Crippen LogP contribution is 2.17. The van der Waals surface area contributed by atoms with Gasteiger partial charge in [0.2, 0.25) is 0 Å². The van der Waals surface area contributed by atoms with E-state index in [9.17, 15) is 14.4 Å². The van der Waals surface area contributed by atoms with Crippen molar-refractivity contribution in [1.29, 1.82) is 0 Å². The van der Waals surface area contributed by atoms with E-state index in [0.29, 0.717) is 19.3 Å². The topological polar surface area (TPSA) is 78.9 Å². The molecule has 0 radical (unpaired) electrons. The zero-order valence-electron chi connectivity index (χ0n) is 53.8. The third-order valence-electron chi connectivity index (χ3n) is 15.3. The van der Waals surface area contributed by atoms with Crippen molar-refractivity contribution in [2.75, 3.05) is 13.2 Å². The fourth-order valence-corrected chi connectivity index (χ4v) is 10.0. The lowest BCUT2D eigenvalue weighted by Gasteiger charge is -2.18. The Bertz CT molecular complexity index is 1530. The van der Waals surface area contributed by atoms with Crippen LogP contribution < -0.4 is 0 Å². The number of unbranched alkanes of at least 4 members (excludes halogenated alkanes) is 39. The smallest absolute Gasteiger partial charge is 0.306 e. The summed E-state index contributed by atoms with van der Waals surface area (Å²) in [5, 5.41) is 0. The van der Waals surface area contributed by atoms with E-state index in [0.717, 1.165) is 103 Å². The zero-order chi connectivity index (χ0) is 58.5. The first-order valence-corrected chi connectivity index (χ1v) is 35.1. The van der Waals surface area contributed by atoms with E-state index in [1.807, 2.05) is 0 Å². The van der Waals surface area contributed by atoms with Crippen LogP contribution in [0.5, 0.6) is 0 Å². The van der Waals surface area contributed by atoms with Crippen molar-refractivity contribution < 1.29 is 28.6 Å². The normalized spacial score (nSPS) is 12.6. The summed E-state index contributed by atoms with van der Waals surface area (Å²) < 4.78 is 17.0. The van der Waals surface area contributed by atoms with Gasteiger partial charge in [0.15, 0.2) is 6.10 Å². The Hall–Kier alpha value is -3.41. The summed E-state index contributed by atoms with van der Waals surface area (Å²) in [6.45, 7) is 6.60. The van der Waals surface area contributed by atoms with Crippen LogP contribution in [0.3, 0.4) is 0 Å². The molecule has 0 heterocycles. The second-order valence-electron chi connectivity index (χ2n) is 23.4. The zero-order valence-corrected chi connectivity index (χ0v) is 53.8. The van der Waals surface area contributed by atoms with Gasteiger partial charge in [0, 0.05) is 19.3 Å². The highest BCUT2D eigenvalue weighted by atomic mass is 16.6. The summed E-state index contributed by atoms with van der Waals surface area (Å²) in [7, 11) is 0. The van der Waals surface area contributed by atoms with E-state index in [-0.39, 0.29) is 31.1 Å². The molecule has 6 heteroatoms. The molecule has 0 spiro atoms. The maximum Gasteiger partial charge on any atom is 0.306 e. The standard InChI is InChI=1S/C75H132O6/c1-4-7-10-13-16-19-22-25-28-30-31-32-33-34-35-36-37-38-39-40-41-42-43-45-47-50-53-56-59-62-65-68-74(77)80-71-72(70-79-73(76)67-64-61-58-55-52-49-46-27-24-21-18-15-12-9-6-3)81-75(78)69-66-63-60-57-54-51-48-44-29-26-23-20-17-14-11-8-5-2/h17-18,20-22,25-27,29-31,33-34,46,72H,4-16,19,23-24,28,32,35-45,47-71H2,1-3H3/b20-17-,21-18-,25-22-,29-26-,31-30-,34-33-,46-27-. The summed E-state index contributed by atoms with van der Waals surface area (Å²) in [6.07, 6.45) is 91.8. The number of allylic oxidation sites excluding steroid dienone is 14. The molecule has 0 fully saturated rings. The minimum atomic E-state index is -0.788. The molecule has 0 aromatic carbocycles. The van der Waals surface area contributed by atoms with Gasteiger partial charge in [-0.25, -0.2) is 0 Å². The maximum atomic E-state index is 12.9. The van der Waals surface area contributed by atoms with Gasteiger partial charge in [-0.05, 0) is 122 Å². The van der Waals surface area contributed by atoms with Crippen molar-refractivity contribution in [3.63, 3.8) is 0 Å². The molecule has 0 aliphatic rings. The number of carbonyl (C=O) groups excluding carboxylic acids is 3. The van der Waals surface area contributed by atoms with Crippen molar-refractivity contribution >= 4 is 17.9 Å². The van der Waals surface area contributed by atoms with Gasteiger partial charge < -0.3 is 14.2 Å². The summed E-state index contributed by atoms with van der Waals surface area (Å²) in [5.41, 5.74) is 0. The van der Waals surface area contributed by atoms with Gasteiger partial charge >= 0.3 is 17.9 Å². The third-order valence-corrected chi connectivity index (χ3v) is 15.3. The van der Waals surface area contributed by atoms with Crippen molar-refractivity contribution in [1.82, 2.24) is 0 Å². The second kappa shape index (κ2) is 69.1.